The summed E-state index contributed by atoms with van der Waals surface area (Å²) in [4.78, 5) is 10.7. The van der Waals surface area contributed by atoms with E-state index in [-0.39, 0.29) is 5.92 Å². The molecule has 1 saturated carbocycles. The summed E-state index contributed by atoms with van der Waals surface area (Å²) in [6.07, 6.45) is 11.3. The second-order valence-corrected chi connectivity index (χ2v) is 7.14. The molecule has 1 aromatic heterocycles. The second-order valence-electron chi connectivity index (χ2n) is 7.14. The molecule has 1 fully saturated rings. The molecule has 1 atom stereocenters. The summed E-state index contributed by atoms with van der Waals surface area (Å²) in [5.41, 5.74) is 3.26. The van der Waals surface area contributed by atoms with E-state index in [1.165, 1.54) is 18.4 Å². The summed E-state index contributed by atoms with van der Waals surface area (Å²) < 4.78 is 8.01. The first-order valence-corrected chi connectivity index (χ1v) is 9.34. The van der Waals surface area contributed by atoms with Crippen molar-refractivity contribution in [3.63, 3.8) is 0 Å². The minimum atomic E-state index is -0.175. The predicted molar refractivity (Wildman–Crippen MR) is 105 cm³/mol. The van der Waals surface area contributed by atoms with Crippen molar-refractivity contribution in [2.24, 2.45) is 5.92 Å². The van der Waals surface area contributed by atoms with E-state index in [9.17, 15) is 4.79 Å². The summed E-state index contributed by atoms with van der Waals surface area (Å²) in [6.45, 7) is 1.52. The van der Waals surface area contributed by atoms with Gasteiger partial charge in [-0.3, -0.25) is 4.68 Å². The molecule has 136 valence electrons. The molecule has 1 aliphatic rings. The fourth-order valence-corrected chi connectivity index (χ4v) is 3.28. The summed E-state index contributed by atoms with van der Waals surface area (Å²) in [7, 11) is 0. The Labute approximate surface area is 159 Å². The molecule has 1 aliphatic carbocycles. The number of benzene rings is 2. The molecule has 2 aromatic carbocycles. The standard InChI is InChI=1S/C23H22N2O2/c1-2-19(11-12-26)20-6-8-22(9-7-20)27-16-18-5-10-23-21(13-18)14-24-25(23)15-17-3-4-17/h1,5-10,12-14,17,19H,3-4,11,15-16H2/t19-/m0/s1. The van der Waals surface area contributed by atoms with Crippen molar-refractivity contribution in [1.82, 2.24) is 9.78 Å². The Morgan fingerprint density at radius 1 is 1.26 bits per heavy atom. The van der Waals surface area contributed by atoms with Gasteiger partial charge in [-0.05, 0) is 54.2 Å². The molecule has 27 heavy (non-hydrogen) atoms. The van der Waals surface area contributed by atoms with Crippen molar-refractivity contribution in [2.45, 2.75) is 38.3 Å². The molecule has 0 radical (unpaired) electrons. The van der Waals surface area contributed by atoms with Gasteiger partial charge in [0, 0.05) is 18.4 Å². The van der Waals surface area contributed by atoms with E-state index in [2.05, 4.69) is 33.9 Å². The smallest absolute Gasteiger partial charge is 0.121 e. The van der Waals surface area contributed by atoms with Crippen molar-refractivity contribution in [3.8, 4) is 18.1 Å². The number of rotatable bonds is 8. The largest absolute Gasteiger partial charge is 0.489 e. The molecule has 0 unspecified atom stereocenters. The van der Waals surface area contributed by atoms with Gasteiger partial charge in [0.1, 0.15) is 18.6 Å². The van der Waals surface area contributed by atoms with E-state index < -0.39 is 0 Å². The lowest BCUT2D eigenvalue weighted by atomic mass is 9.97. The van der Waals surface area contributed by atoms with Crippen LogP contribution >= 0.6 is 0 Å². The maximum atomic E-state index is 10.7. The number of carbonyl (C=O) groups is 1. The van der Waals surface area contributed by atoms with Gasteiger partial charge in [0.2, 0.25) is 0 Å². The van der Waals surface area contributed by atoms with Gasteiger partial charge in [0.05, 0.1) is 17.6 Å². The van der Waals surface area contributed by atoms with Crippen LogP contribution in [0.2, 0.25) is 0 Å². The highest BCUT2D eigenvalue weighted by atomic mass is 16.5. The van der Waals surface area contributed by atoms with Crippen LogP contribution in [0.4, 0.5) is 0 Å². The summed E-state index contributed by atoms with van der Waals surface area (Å²) in [6, 6.07) is 14.0. The molecule has 3 aromatic rings. The quantitative estimate of drug-likeness (QED) is 0.445. The molecule has 0 bridgehead atoms. The van der Waals surface area contributed by atoms with Gasteiger partial charge in [-0.1, -0.05) is 24.1 Å². The highest BCUT2D eigenvalue weighted by Gasteiger charge is 2.22. The van der Waals surface area contributed by atoms with Crippen LogP contribution < -0.4 is 4.74 Å². The van der Waals surface area contributed by atoms with Crippen molar-refractivity contribution in [2.75, 3.05) is 0 Å². The average molecular weight is 358 g/mol. The highest BCUT2D eigenvalue weighted by Crippen LogP contribution is 2.31. The average Bonchev–Trinajstić information content (AvgIpc) is 3.44. The lowest BCUT2D eigenvalue weighted by Crippen LogP contribution is -2.01. The van der Waals surface area contributed by atoms with Crippen LogP contribution in [0.25, 0.3) is 10.9 Å². The van der Waals surface area contributed by atoms with Crippen molar-refractivity contribution >= 4 is 17.2 Å². The second kappa shape index (κ2) is 7.67. The molecule has 0 saturated heterocycles. The van der Waals surface area contributed by atoms with Gasteiger partial charge < -0.3 is 9.53 Å². The monoisotopic (exact) mass is 358 g/mol. The van der Waals surface area contributed by atoms with Crippen LogP contribution in [0, 0.1) is 18.3 Å². The number of terminal acetylenes is 1. The number of carbonyl (C=O) groups excluding carboxylic acids is 1. The maximum Gasteiger partial charge on any atom is 0.121 e. The molecule has 4 rings (SSSR count). The Kier molecular flexibility index (Phi) is 4.93. The molecule has 0 amide bonds. The lowest BCUT2D eigenvalue weighted by molar-refractivity contribution is -0.107. The zero-order valence-electron chi connectivity index (χ0n) is 15.2. The topological polar surface area (TPSA) is 44.1 Å². The fraction of sp³-hybridized carbons (Fsp3) is 0.304. The van der Waals surface area contributed by atoms with Gasteiger partial charge in [-0.2, -0.15) is 5.10 Å². The van der Waals surface area contributed by atoms with Crippen molar-refractivity contribution in [1.29, 1.82) is 0 Å². The third-order valence-electron chi connectivity index (χ3n) is 5.06. The van der Waals surface area contributed by atoms with Gasteiger partial charge >= 0.3 is 0 Å². The van der Waals surface area contributed by atoms with Gasteiger partial charge in [0.15, 0.2) is 0 Å². The van der Waals surface area contributed by atoms with Crippen LogP contribution in [0.3, 0.4) is 0 Å². The van der Waals surface area contributed by atoms with E-state index >= 15 is 0 Å². The van der Waals surface area contributed by atoms with Crippen LogP contribution in [0.1, 0.15) is 36.3 Å². The third kappa shape index (κ3) is 4.03. The SMILES string of the molecule is C#C[C@@H](CC=O)c1ccc(OCc2ccc3c(cnn3CC3CC3)c2)cc1. The number of ether oxygens (including phenoxy) is 1. The molecular weight excluding hydrogens is 336 g/mol. The zero-order valence-corrected chi connectivity index (χ0v) is 15.2. The van der Waals surface area contributed by atoms with E-state index in [4.69, 9.17) is 11.2 Å². The van der Waals surface area contributed by atoms with Crippen LogP contribution in [-0.4, -0.2) is 16.1 Å². The first-order valence-electron chi connectivity index (χ1n) is 9.34. The van der Waals surface area contributed by atoms with E-state index in [0.29, 0.717) is 13.0 Å². The first kappa shape index (κ1) is 17.4. The molecule has 0 spiro atoms. The molecule has 1 heterocycles. The predicted octanol–water partition coefficient (Wildman–Crippen LogP) is 4.33. The minimum absolute atomic E-state index is 0.175. The van der Waals surface area contributed by atoms with Crippen molar-refractivity contribution in [3.05, 3.63) is 59.8 Å². The van der Waals surface area contributed by atoms with Crippen LogP contribution in [0.15, 0.2) is 48.7 Å². The Hall–Kier alpha value is -3.06. The molecular formula is C23H22N2O2. The van der Waals surface area contributed by atoms with E-state index in [1.54, 1.807) is 0 Å². The van der Waals surface area contributed by atoms with Crippen LogP contribution in [-0.2, 0) is 17.9 Å². The summed E-state index contributed by atoms with van der Waals surface area (Å²) in [5, 5.41) is 5.67. The highest BCUT2D eigenvalue weighted by molar-refractivity contribution is 5.79. The van der Waals surface area contributed by atoms with Crippen LogP contribution in [0.5, 0.6) is 5.75 Å². The molecule has 4 heteroatoms. The Bertz CT molecular complexity index is 978. The number of fused-ring (bicyclic) bond motifs is 1. The number of aromatic nitrogens is 2. The number of nitrogens with zero attached hydrogens (tertiary/aromatic N) is 2. The Morgan fingerprint density at radius 3 is 2.78 bits per heavy atom. The van der Waals surface area contributed by atoms with Gasteiger partial charge in [0.25, 0.3) is 0 Å². The Balaban J connectivity index is 1.40. The number of hydrogen-bond donors (Lipinski definition) is 0. The number of hydrogen-bond acceptors (Lipinski definition) is 3. The first-order chi connectivity index (χ1) is 13.3. The molecule has 0 aliphatic heterocycles. The zero-order chi connectivity index (χ0) is 18.6. The molecule has 0 N–H and O–H groups in total. The number of aldehydes is 1. The van der Waals surface area contributed by atoms with Gasteiger partial charge in [-0.25, -0.2) is 0 Å². The molecule has 4 nitrogen and oxygen atoms in total. The van der Waals surface area contributed by atoms with E-state index in [1.807, 2.05) is 30.5 Å². The minimum Gasteiger partial charge on any atom is -0.489 e. The van der Waals surface area contributed by atoms with Crippen molar-refractivity contribution < 1.29 is 9.53 Å². The van der Waals surface area contributed by atoms with Gasteiger partial charge in [-0.15, -0.1) is 6.42 Å². The Morgan fingerprint density at radius 2 is 2.07 bits per heavy atom. The fourth-order valence-electron chi connectivity index (χ4n) is 3.28. The third-order valence-corrected chi connectivity index (χ3v) is 5.06. The van der Waals surface area contributed by atoms with E-state index in [0.717, 1.165) is 41.0 Å². The summed E-state index contributed by atoms with van der Waals surface area (Å²) in [5.74, 6) is 4.06. The normalized spacial score (nSPS) is 14.6. The summed E-state index contributed by atoms with van der Waals surface area (Å²) >= 11 is 0. The maximum absolute atomic E-state index is 10.7. The lowest BCUT2D eigenvalue weighted by Gasteiger charge is -2.10.